The largest absolute Gasteiger partial charge is 0.492 e. The number of esters is 1. The minimum absolute atomic E-state index is 0.0213. The second-order valence-corrected chi connectivity index (χ2v) is 7.00. The van der Waals surface area contributed by atoms with Crippen molar-refractivity contribution in [1.82, 2.24) is 4.57 Å². The molecule has 3 rings (SSSR count). The molecule has 31 heavy (non-hydrogen) atoms. The standard InChI is InChI=1S/C22H21ClFN3O4/c1-12-10-16(21(25)27(12)11-14-6-5-9-31-14)19(22(28)30-4)26-13(2)15-7-8-17(23)20(29-3)18(15)24/h5-10H,2,11,25H2,1,3-4H3/b26-19+. The molecule has 2 N–H and O–H groups in total. The van der Waals surface area contributed by atoms with E-state index in [1.807, 2.05) is 13.0 Å². The van der Waals surface area contributed by atoms with Crippen LogP contribution in [-0.4, -0.2) is 30.5 Å². The van der Waals surface area contributed by atoms with Gasteiger partial charge in [0.05, 0.1) is 37.7 Å². The van der Waals surface area contributed by atoms with Gasteiger partial charge in [0, 0.05) is 16.8 Å². The minimum Gasteiger partial charge on any atom is -0.492 e. The molecule has 0 fully saturated rings. The summed E-state index contributed by atoms with van der Waals surface area (Å²) in [4.78, 5) is 16.8. The highest BCUT2D eigenvalue weighted by Crippen LogP contribution is 2.33. The lowest BCUT2D eigenvalue weighted by Gasteiger charge is -2.11. The van der Waals surface area contributed by atoms with Crippen molar-refractivity contribution in [2.45, 2.75) is 13.5 Å². The Balaban J connectivity index is 2.07. The number of rotatable bonds is 7. The molecule has 0 aliphatic carbocycles. The zero-order valence-corrected chi connectivity index (χ0v) is 18.0. The third kappa shape index (κ3) is 4.34. The Hall–Kier alpha value is -3.52. The van der Waals surface area contributed by atoms with Crippen molar-refractivity contribution in [2.75, 3.05) is 20.0 Å². The van der Waals surface area contributed by atoms with Crippen LogP contribution in [0.25, 0.3) is 5.70 Å². The number of aromatic nitrogens is 1. The first-order valence-electron chi connectivity index (χ1n) is 9.15. The number of carbonyl (C=O) groups is 1. The molecule has 0 saturated carbocycles. The van der Waals surface area contributed by atoms with Gasteiger partial charge in [0.15, 0.2) is 17.3 Å². The van der Waals surface area contributed by atoms with E-state index in [1.165, 1.54) is 26.4 Å². The fourth-order valence-corrected chi connectivity index (χ4v) is 3.33. The van der Waals surface area contributed by atoms with E-state index in [9.17, 15) is 9.18 Å². The monoisotopic (exact) mass is 445 g/mol. The van der Waals surface area contributed by atoms with Crippen molar-refractivity contribution in [3.8, 4) is 5.75 Å². The molecule has 0 spiro atoms. The van der Waals surface area contributed by atoms with Crippen LogP contribution < -0.4 is 10.5 Å². The van der Waals surface area contributed by atoms with Gasteiger partial charge >= 0.3 is 5.97 Å². The molecule has 3 aromatic rings. The van der Waals surface area contributed by atoms with Gasteiger partial charge < -0.3 is 24.2 Å². The molecule has 162 valence electrons. The van der Waals surface area contributed by atoms with Gasteiger partial charge in [0.1, 0.15) is 11.6 Å². The summed E-state index contributed by atoms with van der Waals surface area (Å²) >= 11 is 5.95. The van der Waals surface area contributed by atoms with E-state index < -0.39 is 11.8 Å². The lowest BCUT2D eigenvalue weighted by Crippen LogP contribution is -2.19. The number of nitrogen functional groups attached to an aromatic ring is 1. The molecule has 0 saturated heterocycles. The second kappa shape index (κ2) is 9.09. The highest BCUT2D eigenvalue weighted by Gasteiger charge is 2.24. The van der Waals surface area contributed by atoms with Crippen LogP contribution in [0.4, 0.5) is 10.2 Å². The topological polar surface area (TPSA) is 92.0 Å². The number of hydrogen-bond donors (Lipinski definition) is 1. The summed E-state index contributed by atoms with van der Waals surface area (Å²) in [6.07, 6.45) is 1.56. The maximum Gasteiger partial charge on any atom is 0.357 e. The van der Waals surface area contributed by atoms with Crippen LogP contribution >= 0.6 is 11.6 Å². The summed E-state index contributed by atoms with van der Waals surface area (Å²) in [6, 6.07) is 8.13. The number of furan rings is 1. The van der Waals surface area contributed by atoms with E-state index in [0.29, 0.717) is 17.9 Å². The van der Waals surface area contributed by atoms with Crippen LogP contribution in [0.15, 0.2) is 52.6 Å². The van der Waals surface area contributed by atoms with E-state index in [0.717, 1.165) is 5.69 Å². The number of aliphatic imine (C=N–C) groups is 1. The molecule has 0 atom stereocenters. The fourth-order valence-electron chi connectivity index (χ4n) is 3.10. The Kier molecular flexibility index (Phi) is 6.50. The first-order chi connectivity index (χ1) is 14.8. The number of ether oxygens (including phenoxy) is 2. The Bertz CT molecular complexity index is 1170. The summed E-state index contributed by atoms with van der Waals surface area (Å²) in [5, 5.41) is 0.101. The molecule has 7 nitrogen and oxygen atoms in total. The van der Waals surface area contributed by atoms with Gasteiger partial charge in [-0.1, -0.05) is 18.2 Å². The lowest BCUT2D eigenvalue weighted by atomic mass is 10.1. The zero-order valence-electron chi connectivity index (χ0n) is 17.2. The second-order valence-electron chi connectivity index (χ2n) is 6.59. The number of aryl methyl sites for hydroxylation is 1. The zero-order chi connectivity index (χ0) is 22.7. The van der Waals surface area contributed by atoms with Crippen molar-refractivity contribution in [3.05, 3.63) is 76.6 Å². The normalized spacial score (nSPS) is 11.5. The predicted molar refractivity (Wildman–Crippen MR) is 117 cm³/mol. The third-order valence-electron chi connectivity index (χ3n) is 4.68. The molecule has 9 heteroatoms. The SMILES string of the molecule is C=C(/N=C(/C(=O)OC)c1cc(C)n(Cc2ccco2)c1N)c1ccc(Cl)c(OC)c1F. The molecule has 0 bridgehead atoms. The molecule has 0 unspecified atom stereocenters. The molecular weight excluding hydrogens is 425 g/mol. The number of anilines is 1. The first-order valence-corrected chi connectivity index (χ1v) is 9.52. The van der Waals surface area contributed by atoms with E-state index in [2.05, 4.69) is 11.6 Å². The highest BCUT2D eigenvalue weighted by molar-refractivity contribution is 6.45. The summed E-state index contributed by atoms with van der Waals surface area (Å²) in [6.45, 7) is 5.99. The van der Waals surface area contributed by atoms with Crippen molar-refractivity contribution < 1.29 is 23.1 Å². The van der Waals surface area contributed by atoms with Crippen molar-refractivity contribution in [2.24, 2.45) is 4.99 Å². The summed E-state index contributed by atoms with van der Waals surface area (Å²) in [7, 11) is 2.51. The number of methoxy groups -OCH3 is 2. The maximum atomic E-state index is 14.8. The van der Waals surface area contributed by atoms with Gasteiger partial charge in [-0.2, -0.15) is 0 Å². The number of nitrogens with zero attached hydrogens (tertiary/aromatic N) is 2. The number of carbonyl (C=O) groups excluding carboxylic acids is 1. The van der Waals surface area contributed by atoms with Crippen LogP contribution in [0.5, 0.6) is 5.75 Å². The van der Waals surface area contributed by atoms with Gasteiger partial charge in [-0.3, -0.25) is 0 Å². The van der Waals surface area contributed by atoms with Crippen LogP contribution in [0.3, 0.4) is 0 Å². The first kappa shape index (κ1) is 22.2. The van der Waals surface area contributed by atoms with Gasteiger partial charge in [-0.15, -0.1) is 0 Å². The number of hydrogen-bond acceptors (Lipinski definition) is 6. The predicted octanol–water partition coefficient (Wildman–Crippen LogP) is 4.45. The third-order valence-corrected chi connectivity index (χ3v) is 4.98. The fraction of sp³-hybridized carbons (Fsp3) is 0.182. The average Bonchev–Trinajstić information content (AvgIpc) is 3.35. The smallest absolute Gasteiger partial charge is 0.357 e. The van der Waals surface area contributed by atoms with Gasteiger partial charge in [-0.05, 0) is 37.3 Å². The van der Waals surface area contributed by atoms with E-state index in [4.69, 9.17) is 31.2 Å². The Morgan fingerprint density at radius 1 is 1.32 bits per heavy atom. The van der Waals surface area contributed by atoms with Crippen LogP contribution in [-0.2, 0) is 16.1 Å². The molecular formula is C22H21ClFN3O4. The van der Waals surface area contributed by atoms with Gasteiger partial charge in [0.25, 0.3) is 0 Å². The van der Waals surface area contributed by atoms with Gasteiger partial charge in [0.2, 0.25) is 0 Å². The molecule has 0 radical (unpaired) electrons. The maximum absolute atomic E-state index is 14.8. The van der Waals surface area contributed by atoms with Crippen molar-refractivity contribution >= 4 is 34.8 Å². The quantitative estimate of drug-likeness (QED) is 0.428. The Morgan fingerprint density at radius 2 is 2.06 bits per heavy atom. The molecule has 2 heterocycles. The minimum atomic E-state index is -0.746. The van der Waals surface area contributed by atoms with Crippen molar-refractivity contribution in [3.63, 3.8) is 0 Å². The molecule has 0 aliphatic heterocycles. The highest BCUT2D eigenvalue weighted by atomic mass is 35.5. The molecule has 1 aromatic carbocycles. The van der Waals surface area contributed by atoms with Crippen LogP contribution in [0.1, 0.15) is 22.6 Å². The molecule has 2 aromatic heterocycles. The molecule has 0 aliphatic rings. The van der Waals surface area contributed by atoms with Gasteiger partial charge in [-0.25, -0.2) is 14.2 Å². The molecule has 0 amide bonds. The number of halogens is 2. The van der Waals surface area contributed by atoms with Crippen LogP contribution in [0.2, 0.25) is 5.02 Å². The summed E-state index contributed by atoms with van der Waals surface area (Å²) < 4.78 is 31.8. The number of benzene rings is 1. The Morgan fingerprint density at radius 3 is 2.68 bits per heavy atom. The van der Waals surface area contributed by atoms with E-state index >= 15 is 0 Å². The van der Waals surface area contributed by atoms with Crippen molar-refractivity contribution in [1.29, 1.82) is 0 Å². The lowest BCUT2D eigenvalue weighted by molar-refractivity contribution is -0.132. The summed E-state index contributed by atoms with van der Waals surface area (Å²) in [5.41, 5.74) is 7.30. The van der Waals surface area contributed by atoms with E-state index in [-0.39, 0.29) is 33.6 Å². The summed E-state index contributed by atoms with van der Waals surface area (Å²) in [5.74, 6) is -0.666. The Labute approximate surface area is 183 Å². The number of nitrogens with two attached hydrogens (primary N) is 1. The van der Waals surface area contributed by atoms with Crippen LogP contribution in [0, 0.1) is 12.7 Å². The van der Waals surface area contributed by atoms with E-state index in [1.54, 1.807) is 23.0 Å². The average molecular weight is 446 g/mol.